The molecule has 0 aliphatic carbocycles. The number of para-hydroxylation sites is 1. The lowest BCUT2D eigenvalue weighted by atomic mass is 9.99. The molecule has 4 nitrogen and oxygen atoms in total. The van der Waals surface area contributed by atoms with Crippen molar-refractivity contribution in [2.45, 2.75) is 18.9 Å². The summed E-state index contributed by atoms with van der Waals surface area (Å²) in [4.78, 5) is 19.5. The molecular formula is C26H30N3O+. The molecule has 2 heterocycles. The van der Waals surface area contributed by atoms with E-state index in [0.29, 0.717) is 6.04 Å². The summed E-state index contributed by atoms with van der Waals surface area (Å²) < 4.78 is 0. The smallest absolute Gasteiger partial charge is 0.254 e. The summed E-state index contributed by atoms with van der Waals surface area (Å²) in [6, 6.07) is 25.7. The Balaban J connectivity index is 1.18. The highest BCUT2D eigenvalue weighted by atomic mass is 16.2. The molecule has 154 valence electrons. The maximum absolute atomic E-state index is 13.2. The molecule has 4 heteroatoms. The van der Waals surface area contributed by atoms with E-state index in [-0.39, 0.29) is 5.91 Å². The number of hydrogen-bond donors (Lipinski definition) is 1. The van der Waals surface area contributed by atoms with Crippen molar-refractivity contribution in [2.75, 3.05) is 44.2 Å². The summed E-state index contributed by atoms with van der Waals surface area (Å²) >= 11 is 0. The van der Waals surface area contributed by atoms with Gasteiger partial charge in [-0.15, -0.1) is 0 Å². The Kier molecular flexibility index (Phi) is 5.41. The molecule has 5 rings (SSSR count). The summed E-state index contributed by atoms with van der Waals surface area (Å²) in [5.41, 5.74) is 2.18. The summed E-state index contributed by atoms with van der Waals surface area (Å²) in [6.45, 7) is 6.37. The van der Waals surface area contributed by atoms with E-state index in [1.165, 1.54) is 18.8 Å². The minimum Gasteiger partial charge on any atom is -0.360 e. The fourth-order valence-corrected chi connectivity index (χ4v) is 5.17. The van der Waals surface area contributed by atoms with Gasteiger partial charge < -0.3 is 14.7 Å². The number of benzene rings is 3. The van der Waals surface area contributed by atoms with Gasteiger partial charge in [-0.25, -0.2) is 0 Å². The first kappa shape index (κ1) is 19.1. The van der Waals surface area contributed by atoms with Crippen LogP contribution in [0.15, 0.2) is 72.8 Å². The van der Waals surface area contributed by atoms with E-state index in [2.05, 4.69) is 58.3 Å². The molecule has 3 aromatic rings. The van der Waals surface area contributed by atoms with Crippen LogP contribution in [0, 0.1) is 0 Å². The van der Waals surface area contributed by atoms with Gasteiger partial charge in [0.25, 0.3) is 5.91 Å². The second kappa shape index (κ2) is 8.49. The SMILES string of the molecule is O=C(c1cccc2ccccc12)N1CCC([NH+]2CCN(c3ccccc3)CC2)CC1. The van der Waals surface area contributed by atoms with Gasteiger partial charge in [0.05, 0.1) is 32.2 Å². The van der Waals surface area contributed by atoms with Crippen LogP contribution in [-0.2, 0) is 0 Å². The van der Waals surface area contributed by atoms with Crippen LogP contribution < -0.4 is 9.80 Å². The molecule has 2 fully saturated rings. The Morgan fingerprint density at radius 2 is 1.43 bits per heavy atom. The molecule has 3 aromatic carbocycles. The normalized spacial score (nSPS) is 18.7. The van der Waals surface area contributed by atoms with Crippen LogP contribution in [0.1, 0.15) is 23.2 Å². The number of likely N-dealkylation sites (tertiary alicyclic amines) is 1. The predicted octanol–water partition coefficient (Wildman–Crippen LogP) is 2.85. The topological polar surface area (TPSA) is 28.0 Å². The van der Waals surface area contributed by atoms with Gasteiger partial charge in [-0.3, -0.25) is 4.79 Å². The minimum absolute atomic E-state index is 0.189. The highest BCUT2D eigenvalue weighted by Crippen LogP contribution is 2.22. The van der Waals surface area contributed by atoms with Crippen LogP contribution in [0.3, 0.4) is 0 Å². The number of carbonyl (C=O) groups excluding carboxylic acids is 1. The molecule has 1 amide bonds. The zero-order valence-electron chi connectivity index (χ0n) is 17.5. The largest absolute Gasteiger partial charge is 0.360 e. The van der Waals surface area contributed by atoms with Crippen LogP contribution in [0.2, 0.25) is 0 Å². The highest BCUT2D eigenvalue weighted by Gasteiger charge is 2.32. The van der Waals surface area contributed by atoms with Crippen molar-refractivity contribution in [1.29, 1.82) is 0 Å². The zero-order valence-corrected chi connectivity index (χ0v) is 17.5. The van der Waals surface area contributed by atoms with E-state index in [0.717, 1.165) is 55.4 Å². The maximum atomic E-state index is 13.2. The van der Waals surface area contributed by atoms with Crippen molar-refractivity contribution >= 4 is 22.4 Å². The average molecular weight is 401 g/mol. The highest BCUT2D eigenvalue weighted by molar-refractivity contribution is 6.07. The number of hydrogen-bond acceptors (Lipinski definition) is 2. The van der Waals surface area contributed by atoms with E-state index in [9.17, 15) is 4.79 Å². The number of fused-ring (bicyclic) bond motifs is 1. The Morgan fingerprint density at radius 1 is 0.767 bits per heavy atom. The number of quaternary nitrogens is 1. The summed E-state index contributed by atoms with van der Waals surface area (Å²) in [5.74, 6) is 0.189. The average Bonchev–Trinajstić information content (AvgIpc) is 2.84. The minimum atomic E-state index is 0.189. The third kappa shape index (κ3) is 3.80. The molecule has 1 N–H and O–H groups in total. The van der Waals surface area contributed by atoms with E-state index < -0.39 is 0 Å². The molecule has 30 heavy (non-hydrogen) atoms. The standard InChI is InChI=1S/C26H29N3O/c30-26(25-12-6-8-21-7-4-5-11-24(21)25)29-15-13-23(14-16-29)28-19-17-27(18-20-28)22-9-2-1-3-10-22/h1-12,23H,13-20H2/p+1. The first-order valence-corrected chi connectivity index (χ1v) is 11.2. The van der Waals surface area contributed by atoms with Crippen molar-refractivity contribution in [3.63, 3.8) is 0 Å². The summed E-state index contributed by atoms with van der Waals surface area (Å²) in [7, 11) is 0. The Morgan fingerprint density at radius 3 is 2.20 bits per heavy atom. The molecule has 0 bridgehead atoms. The van der Waals surface area contributed by atoms with Crippen LogP contribution in [-0.4, -0.2) is 56.1 Å². The molecule has 2 aliphatic heterocycles. The third-order valence-electron chi connectivity index (χ3n) is 6.91. The number of amides is 1. The van der Waals surface area contributed by atoms with Crippen LogP contribution in [0.4, 0.5) is 5.69 Å². The van der Waals surface area contributed by atoms with Gasteiger partial charge in [-0.2, -0.15) is 0 Å². The monoisotopic (exact) mass is 400 g/mol. The molecule has 2 aliphatic rings. The number of anilines is 1. The molecule has 0 unspecified atom stereocenters. The number of piperidine rings is 1. The van der Waals surface area contributed by atoms with Gasteiger partial charge in [0.2, 0.25) is 0 Å². The number of piperazine rings is 1. The van der Waals surface area contributed by atoms with Gasteiger partial charge >= 0.3 is 0 Å². The Hall–Kier alpha value is -2.85. The Labute approximate surface area is 178 Å². The molecule has 0 atom stereocenters. The first-order valence-electron chi connectivity index (χ1n) is 11.2. The second-order valence-electron chi connectivity index (χ2n) is 8.57. The van der Waals surface area contributed by atoms with Gasteiger partial charge in [0.15, 0.2) is 0 Å². The van der Waals surface area contributed by atoms with Crippen LogP contribution >= 0.6 is 0 Å². The van der Waals surface area contributed by atoms with Crippen LogP contribution in [0.25, 0.3) is 10.8 Å². The van der Waals surface area contributed by atoms with E-state index in [1.54, 1.807) is 4.90 Å². The second-order valence-corrected chi connectivity index (χ2v) is 8.57. The summed E-state index contributed by atoms with van der Waals surface area (Å²) in [5, 5.41) is 2.20. The predicted molar refractivity (Wildman–Crippen MR) is 122 cm³/mol. The van der Waals surface area contributed by atoms with Gasteiger partial charge in [0.1, 0.15) is 0 Å². The quantitative estimate of drug-likeness (QED) is 0.732. The number of carbonyl (C=O) groups is 1. The summed E-state index contributed by atoms with van der Waals surface area (Å²) in [6.07, 6.45) is 2.22. The molecule has 2 saturated heterocycles. The first-order chi connectivity index (χ1) is 14.8. The van der Waals surface area contributed by atoms with Crippen molar-refractivity contribution in [3.8, 4) is 0 Å². The lowest BCUT2D eigenvalue weighted by Gasteiger charge is -2.41. The van der Waals surface area contributed by atoms with E-state index in [1.807, 2.05) is 24.3 Å². The molecule has 0 spiro atoms. The molecular weight excluding hydrogens is 370 g/mol. The zero-order chi connectivity index (χ0) is 20.3. The molecule has 0 aromatic heterocycles. The van der Waals surface area contributed by atoms with E-state index >= 15 is 0 Å². The van der Waals surface area contributed by atoms with Crippen molar-refractivity contribution in [1.82, 2.24) is 4.90 Å². The number of nitrogens with one attached hydrogen (secondary N) is 1. The number of rotatable bonds is 3. The molecule has 0 radical (unpaired) electrons. The van der Waals surface area contributed by atoms with Gasteiger partial charge in [-0.05, 0) is 29.0 Å². The third-order valence-corrected chi connectivity index (χ3v) is 6.91. The van der Waals surface area contributed by atoms with Gasteiger partial charge in [-0.1, -0.05) is 54.6 Å². The Bertz CT molecular complexity index is 998. The van der Waals surface area contributed by atoms with E-state index in [4.69, 9.17) is 0 Å². The van der Waals surface area contributed by atoms with Crippen molar-refractivity contribution in [2.24, 2.45) is 0 Å². The van der Waals surface area contributed by atoms with Crippen LogP contribution in [0.5, 0.6) is 0 Å². The number of nitrogens with zero attached hydrogens (tertiary/aromatic N) is 2. The van der Waals surface area contributed by atoms with Crippen molar-refractivity contribution in [3.05, 3.63) is 78.4 Å². The van der Waals surface area contributed by atoms with Crippen molar-refractivity contribution < 1.29 is 9.69 Å². The lowest BCUT2D eigenvalue weighted by molar-refractivity contribution is -0.927. The fourth-order valence-electron chi connectivity index (χ4n) is 5.17. The molecule has 0 saturated carbocycles. The maximum Gasteiger partial charge on any atom is 0.254 e. The van der Waals surface area contributed by atoms with Gasteiger partial charge in [0, 0.05) is 37.2 Å². The fraction of sp³-hybridized carbons (Fsp3) is 0.346. The lowest BCUT2D eigenvalue weighted by Crippen LogP contribution is -3.18.